The molecule has 1 atom stereocenters. The van der Waals surface area contributed by atoms with Crippen LogP contribution in [0.5, 0.6) is 0 Å². The molecule has 1 aliphatic rings. The molecule has 1 N–H and O–H groups in total. The van der Waals surface area contributed by atoms with Crippen molar-refractivity contribution in [2.24, 2.45) is 0 Å². The van der Waals surface area contributed by atoms with E-state index >= 15 is 0 Å². The van der Waals surface area contributed by atoms with Crippen molar-refractivity contribution in [3.05, 3.63) is 39.8 Å². The molecule has 3 heterocycles. The van der Waals surface area contributed by atoms with Crippen LogP contribution in [0.1, 0.15) is 34.2 Å². The highest BCUT2D eigenvalue weighted by atomic mass is 32.1. The van der Waals surface area contributed by atoms with Gasteiger partial charge in [-0.2, -0.15) is 5.10 Å². The van der Waals surface area contributed by atoms with E-state index in [0.29, 0.717) is 5.92 Å². The Bertz CT molecular complexity index is 489. The Morgan fingerprint density at radius 2 is 2.39 bits per heavy atom. The van der Waals surface area contributed by atoms with E-state index in [9.17, 15) is 0 Å². The van der Waals surface area contributed by atoms with Gasteiger partial charge < -0.3 is 0 Å². The summed E-state index contributed by atoms with van der Waals surface area (Å²) in [7, 11) is 0. The van der Waals surface area contributed by atoms with Crippen LogP contribution in [0.15, 0.2) is 24.4 Å². The fraction of sp³-hybridized carbons (Fsp3) is 0.500. The Hall–Kier alpha value is -1.13. The number of nitrogens with one attached hydrogen (secondary N) is 1. The van der Waals surface area contributed by atoms with Gasteiger partial charge in [0.25, 0.3) is 0 Å². The molecule has 4 heteroatoms. The SMILES string of the molecule is Cc1ccc(CN2CCCC(c3ccn[nH]3)C2)s1. The van der Waals surface area contributed by atoms with Crippen LogP contribution in [-0.4, -0.2) is 28.2 Å². The smallest absolute Gasteiger partial charge is 0.0490 e. The van der Waals surface area contributed by atoms with E-state index in [2.05, 4.69) is 40.2 Å². The van der Waals surface area contributed by atoms with Gasteiger partial charge in [-0.15, -0.1) is 11.3 Å². The van der Waals surface area contributed by atoms with Crippen molar-refractivity contribution in [2.75, 3.05) is 13.1 Å². The Kier molecular flexibility index (Phi) is 3.48. The summed E-state index contributed by atoms with van der Waals surface area (Å²) in [5.74, 6) is 0.627. The number of hydrogen-bond donors (Lipinski definition) is 1. The number of piperidine rings is 1. The first kappa shape index (κ1) is 11.9. The maximum absolute atomic E-state index is 4.07. The summed E-state index contributed by atoms with van der Waals surface area (Å²) in [4.78, 5) is 5.46. The first-order valence-electron chi connectivity index (χ1n) is 6.58. The van der Waals surface area contributed by atoms with E-state index in [4.69, 9.17) is 0 Å². The molecule has 96 valence electrons. The molecular formula is C14H19N3S. The number of hydrogen-bond acceptors (Lipinski definition) is 3. The van der Waals surface area contributed by atoms with Crippen LogP contribution in [-0.2, 0) is 6.54 Å². The number of thiophene rings is 1. The molecule has 3 rings (SSSR count). The summed E-state index contributed by atoms with van der Waals surface area (Å²) in [6, 6.07) is 6.60. The topological polar surface area (TPSA) is 31.9 Å². The second-order valence-electron chi connectivity index (χ2n) is 5.10. The minimum absolute atomic E-state index is 0.627. The van der Waals surface area contributed by atoms with Crippen LogP contribution < -0.4 is 0 Å². The molecule has 1 aliphatic heterocycles. The number of H-pyrrole nitrogens is 1. The predicted molar refractivity (Wildman–Crippen MR) is 74.9 cm³/mol. The summed E-state index contributed by atoms with van der Waals surface area (Å²) in [6.07, 6.45) is 4.42. The Morgan fingerprint density at radius 1 is 1.44 bits per heavy atom. The Morgan fingerprint density at radius 3 is 3.11 bits per heavy atom. The maximum Gasteiger partial charge on any atom is 0.0490 e. The number of nitrogens with zero attached hydrogens (tertiary/aromatic N) is 2. The third-order valence-electron chi connectivity index (χ3n) is 3.64. The number of aromatic nitrogens is 2. The lowest BCUT2D eigenvalue weighted by Gasteiger charge is -2.31. The highest BCUT2D eigenvalue weighted by molar-refractivity contribution is 7.11. The fourth-order valence-corrected chi connectivity index (χ4v) is 3.67. The van der Waals surface area contributed by atoms with Crippen LogP contribution in [0.4, 0.5) is 0 Å². The van der Waals surface area contributed by atoms with Crippen LogP contribution >= 0.6 is 11.3 Å². The van der Waals surface area contributed by atoms with E-state index < -0.39 is 0 Å². The third-order valence-corrected chi connectivity index (χ3v) is 4.63. The summed E-state index contributed by atoms with van der Waals surface area (Å²) in [5.41, 5.74) is 1.29. The average Bonchev–Trinajstić information content (AvgIpc) is 3.01. The highest BCUT2D eigenvalue weighted by Crippen LogP contribution is 2.27. The first-order chi connectivity index (χ1) is 8.81. The molecule has 2 aromatic heterocycles. The normalized spacial score (nSPS) is 21.3. The maximum atomic E-state index is 4.07. The van der Waals surface area contributed by atoms with Gasteiger partial charge in [-0.1, -0.05) is 0 Å². The molecule has 0 saturated carbocycles. The molecule has 0 aromatic carbocycles. The molecule has 2 aromatic rings. The lowest BCUT2D eigenvalue weighted by Crippen LogP contribution is -2.33. The monoisotopic (exact) mass is 261 g/mol. The van der Waals surface area contributed by atoms with Crippen molar-refractivity contribution < 1.29 is 0 Å². The molecule has 1 saturated heterocycles. The van der Waals surface area contributed by atoms with Crippen LogP contribution in [0.3, 0.4) is 0 Å². The second-order valence-corrected chi connectivity index (χ2v) is 6.47. The summed E-state index contributed by atoms with van der Waals surface area (Å²) >= 11 is 1.92. The highest BCUT2D eigenvalue weighted by Gasteiger charge is 2.22. The van der Waals surface area contributed by atoms with Crippen LogP contribution in [0, 0.1) is 6.92 Å². The molecule has 0 bridgehead atoms. The zero-order valence-corrected chi connectivity index (χ0v) is 11.5. The lowest BCUT2D eigenvalue weighted by atomic mass is 9.95. The molecule has 3 nitrogen and oxygen atoms in total. The van der Waals surface area contributed by atoms with E-state index in [1.165, 1.54) is 34.8 Å². The zero-order valence-electron chi connectivity index (χ0n) is 10.7. The largest absolute Gasteiger partial charge is 0.298 e. The number of likely N-dealkylation sites (tertiary alicyclic amines) is 1. The average molecular weight is 261 g/mol. The van der Waals surface area contributed by atoms with Crippen molar-refractivity contribution in [1.29, 1.82) is 0 Å². The van der Waals surface area contributed by atoms with Gasteiger partial charge in [-0.25, -0.2) is 0 Å². The van der Waals surface area contributed by atoms with E-state index in [0.717, 1.165) is 13.1 Å². The van der Waals surface area contributed by atoms with Crippen LogP contribution in [0.2, 0.25) is 0 Å². The van der Waals surface area contributed by atoms with Gasteiger partial charge in [0.05, 0.1) is 0 Å². The summed E-state index contributed by atoms with van der Waals surface area (Å²) in [6.45, 7) is 5.65. The van der Waals surface area contributed by atoms with E-state index in [-0.39, 0.29) is 0 Å². The summed E-state index contributed by atoms with van der Waals surface area (Å²) in [5, 5.41) is 7.19. The van der Waals surface area contributed by atoms with Crippen molar-refractivity contribution >= 4 is 11.3 Å². The van der Waals surface area contributed by atoms with Crippen LogP contribution in [0.25, 0.3) is 0 Å². The van der Waals surface area contributed by atoms with Gasteiger partial charge in [0.1, 0.15) is 0 Å². The standard InChI is InChI=1S/C14H19N3S/c1-11-4-5-13(18-11)10-17-8-2-3-12(9-17)14-6-7-15-16-14/h4-7,12H,2-3,8-10H2,1H3,(H,15,16). The molecule has 1 unspecified atom stereocenters. The molecule has 0 amide bonds. The molecule has 1 fully saturated rings. The quantitative estimate of drug-likeness (QED) is 0.920. The number of aromatic amines is 1. The number of aryl methyl sites for hydroxylation is 1. The molecule has 18 heavy (non-hydrogen) atoms. The van der Waals surface area contributed by atoms with Gasteiger partial charge in [0.15, 0.2) is 0 Å². The summed E-state index contributed by atoms with van der Waals surface area (Å²) < 4.78 is 0. The van der Waals surface area contributed by atoms with E-state index in [1.54, 1.807) is 0 Å². The van der Waals surface area contributed by atoms with Gasteiger partial charge in [0, 0.05) is 40.7 Å². The minimum atomic E-state index is 0.627. The molecule has 0 spiro atoms. The Labute approximate surface area is 112 Å². The minimum Gasteiger partial charge on any atom is -0.298 e. The number of rotatable bonds is 3. The van der Waals surface area contributed by atoms with Crippen molar-refractivity contribution in [3.63, 3.8) is 0 Å². The van der Waals surface area contributed by atoms with Gasteiger partial charge in [-0.3, -0.25) is 10.00 Å². The molecule has 0 aliphatic carbocycles. The lowest BCUT2D eigenvalue weighted by molar-refractivity contribution is 0.200. The second kappa shape index (κ2) is 5.24. The van der Waals surface area contributed by atoms with Gasteiger partial charge >= 0.3 is 0 Å². The molecule has 0 radical (unpaired) electrons. The zero-order chi connectivity index (χ0) is 12.4. The van der Waals surface area contributed by atoms with Gasteiger partial charge in [-0.05, 0) is 44.5 Å². The van der Waals surface area contributed by atoms with Gasteiger partial charge in [0.2, 0.25) is 0 Å². The first-order valence-corrected chi connectivity index (χ1v) is 7.40. The van der Waals surface area contributed by atoms with E-state index in [1.807, 2.05) is 17.5 Å². The van der Waals surface area contributed by atoms with Crippen molar-refractivity contribution in [2.45, 2.75) is 32.2 Å². The predicted octanol–water partition coefficient (Wildman–Crippen LogP) is 3.16. The van der Waals surface area contributed by atoms with Crippen molar-refractivity contribution in [1.82, 2.24) is 15.1 Å². The molecular weight excluding hydrogens is 242 g/mol. The Balaban J connectivity index is 1.63. The van der Waals surface area contributed by atoms with Crippen molar-refractivity contribution in [3.8, 4) is 0 Å². The fourth-order valence-electron chi connectivity index (χ4n) is 2.74. The third kappa shape index (κ3) is 2.65.